The minimum Gasteiger partial charge on any atom is -0.480 e. The maximum Gasteiger partial charge on any atom is 0.326 e. The number of hydrogen-bond acceptors (Lipinski definition) is 3. The van der Waals surface area contributed by atoms with Crippen LogP contribution < -0.4 is 11.5 Å². The van der Waals surface area contributed by atoms with Crippen molar-refractivity contribution < 1.29 is 23.5 Å². The molecule has 1 atom stereocenters. The van der Waals surface area contributed by atoms with Crippen molar-refractivity contribution in [2.24, 2.45) is 11.5 Å². The molecule has 0 aromatic carbocycles. The molecule has 0 spiro atoms. The van der Waals surface area contributed by atoms with Gasteiger partial charge in [0.15, 0.2) is 0 Å². The SMILES string of the molecule is NC(=O)C(F)(F)C[C@H](N)C(=O)O. The van der Waals surface area contributed by atoms with Crippen LogP contribution in [0, 0.1) is 0 Å². The van der Waals surface area contributed by atoms with Crippen molar-refractivity contribution in [3.05, 3.63) is 0 Å². The van der Waals surface area contributed by atoms with E-state index in [0.717, 1.165) is 0 Å². The molecule has 5 N–H and O–H groups in total. The van der Waals surface area contributed by atoms with Gasteiger partial charge in [-0.1, -0.05) is 0 Å². The molecule has 7 heteroatoms. The van der Waals surface area contributed by atoms with Crippen molar-refractivity contribution in [3.63, 3.8) is 0 Å². The summed E-state index contributed by atoms with van der Waals surface area (Å²) in [6.45, 7) is 0. The largest absolute Gasteiger partial charge is 0.480 e. The van der Waals surface area contributed by atoms with Gasteiger partial charge in [0.2, 0.25) is 0 Å². The average Bonchev–Trinajstić information content (AvgIpc) is 1.85. The molecule has 0 aliphatic carbocycles. The normalized spacial score (nSPS) is 13.9. The third-order valence-electron chi connectivity index (χ3n) is 1.15. The van der Waals surface area contributed by atoms with Crippen LogP contribution in [-0.4, -0.2) is 28.9 Å². The molecule has 5 nitrogen and oxygen atoms in total. The van der Waals surface area contributed by atoms with E-state index in [4.69, 9.17) is 10.8 Å². The Bertz CT molecular complexity index is 207. The molecule has 0 bridgehead atoms. The minimum atomic E-state index is -3.86. The number of carboxylic acid groups (broad SMARTS) is 1. The molecule has 0 rings (SSSR count). The Balaban J connectivity index is 4.24. The highest BCUT2D eigenvalue weighted by atomic mass is 19.3. The van der Waals surface area contributed by atoms with E-state index in [2.05, 4.69) is 5.73 Å². The van der Waals surface area contributed by atoms with Crippen LogP contribution in [0.25, 0.3) is 0 Å². The molecule has 0 aliphatic heterocycles. The van der Waals surface area contributed by atoms with Gasteiger partial charge in [0.05, 0.1) is 0 Å². The maximum atomic E-state index is 12.3. The number of primary amides is 1. The smallest absolute Gasteiger partial charge is 0.326 e. The first-order valence-electron chi connectivity index (χ1n) is 2.93. The molecule has 0 saturated carbocycles. The lowest BCUT2D eigenvalue weighted by molar-refractivity contribution is -0.148. The summed E-state index contributed by atoms with van der Waals surface area (Å²) < 4.78 is 24.7. The Labute approximate surface area is 66.3 Å². The van der Waals surface area contributed by atoms with Crippen molar-refractivity contribution in [1.29, 1.82) is 0 Å². The zero-order valence-electron chi connectivity index (χ0n) is 5.96. The molecule has 70 valence electrons. The quantitative estimate of drug-likeness (QED) is 0.513. The highest BCUT2D eigenvalue weighted by molar-refractivity contribution is 5.83. The van der Waals surface area contributed by atoms with Gasteiger partial charge in [0, 0.05) is 6.42 Å². The van der Waals surface area contributed by atoms with Crippen molar-refractivity contribution in [1.82, 2.24) is 0 Å². The predicted molar refractivity (Wildman–Crippen MR) is 34.4 cm³/mol. The summed E-state index contributed by atoms with van der Waals surface area (Å²) in [4.78, 5) is 20.0. The second-order valence-corrected chi connectivity index (χ2v) is 2.22. The average molecular weight is 182 g/mol. The molecule has 0 fully saturated rings. The summed E-state index contributed by atoms with van der Waals surface area (Å²) >= 11 is 0. The summed E-state index contributed by atoms with van der Waals surface area (Å²) in [5.74, 6) is -7.34. The number of nitrogens with two attached hydrogens (primary N) is 2. The van der Waals surface area contributed by atoms with Crippen molar-refractivity contribution in [3.8, 4) is 0 Å². The van der Waals surface area contributed by atoms with E-state index in [9.17, 15) is 18.4 Å². The van der Waals surface area contributed by atoms with Crippen LogP contribution in [0.5, 0.6) is 0 Å². The monoisotopic (exact) mass is 182 g/mol. The lowest BCUT2D eigenvalue weighted by atomic mass is 10.1. The molecule has 12 heavy (non-hydrogen) atoms. The lowest BCUT2D eigenvalue weighted by Gasteiger charge is -2.13. The van der Waals surface area contributed by atoms with Crippen molar-refractivity contribution in [2.75, 3.05) is 0 Å². The first-order valence-corrected chi connectivity index (χ1v) is 2.93. The number of hydrogen-bond donors (Lipinski definition) is 3. The molecule has 0 radical (unpaired) electrons. The van der Waals surface area contributed by atoms with E-state index < -0.39 is 30.3 Å². The van der Waals surface area contributed by atoms with Gasteiger partial charge in [0.1, 0.15) is 6.04 Å². The fourth-order valence-electron chi connectivity index (χ4n) is 0.464. The first-order chi connectivity index (χ1) is 5.27. The van der Waals surface area contributed by atoms with Crippen LogP contribution in [0.2, 0.25) is 0 Å². The third-order valence-corrected chi connectivity index (χ3v) is 1.15. The van der Waals surface area contributed by atoms with Crippen LogP contribution in [-0.2, 0) is 9.59 Å². The van der Waals surface area contributed by atoms with Crippen LogP contribution in [0.15, 0.2) is 0 Å². The number of rotatable bonds is 4. The Kier molecular flexibility index (Phi) is 3.08. The number of alkyl halides is 2. The summed E-state index contributed by atoms with van der Waals surface area (Å²) in [6, 6.07) is -1.78. The first kappa shape index (κ1) is 10.8. The highest BCUT2D eigenvalue weighted by Gasteiger charge is 2.40. The summed E-state index contributed by atoms with van der Waals surface area (Å²) in [5, 5.41) is 8.12. The van der Waals surface area contributed by atoms with Gasteiger partial charge < -0.3 is 16.6 Å². The van der Waals surface area contributed by atoms with Gasteiger partial charge >= 0.3 is 11.9 Å². The van der Waals surface area contributed by atoms with Crippen LogP contribution in [0.4, 0.5) is 8.78 Å². The zero-order chi connectivity index (χ0) is 9.94. The number of carboxylic acids is 1. The second-order valence-electron chi connectivity index (χ2n) is 2.22. The van der Waals surface area contributed by atoms with Gasteiger partial charge in [-0.05, 0) is 0 Å². The standard InChI is InChI=1S/C5H8F2N2O3/c6-5(7,4(9)12)1-2(8)3(10)11/h2H,1,8H2,(H2,9,12)(H,10,11)/t2-/m0/s1. The number of carbonyl (C=O) groups is 2. The van der Waals surface area contributed by atoms with Crippen LogP contribution in [0.3, 0.4) is 0 Å². The topological polar surface area (TPSA) is 106 Å². The van der Waals surface area contributed by atoms with E-state index in [1.165, 1.54) is 0 Å². The van der Waals surface area contributed by atoms with Gasteiger partial charge in [-0.2, -0.15) is 8.78 Å². The molecular formula is C5H8F2N2O3. The fraction of sp³-hybridized carbons (Fsp3) is 0.600. The van der Waals surface area contributed by atoms with Gasteiger partial charge in [0.25, 0.3) is 5.91 Å². The molecular weight excluding hydrogens is 174 g/mol. The summed E-state index contributed by atoms with van der Waals surface area (Å²) in [5.41, 5.74) is 9.03. The zero-order valence-corrected chi connectivity index (χ0v) is 5.96. The number of halogens is 2. The molecule has 0 saturated heterocycles. The summed E-state index contributed by atoms with van der Waals surface area (Å²) in [7, 11) is 0. The number of amides is 1. The highest BCUT2D eigenvalue weighted by Crippen LogP contribution is 2.18. The number of carbonyl (C=O) groups excluding carboxylic acids is 1. The Morgan fingerprint density at radius 3 is 2.17 bits per heavy atom. The Morgan fingerprint density at radius 1 is 1.50 bits per heavy atom. The van der Waals surface area contributed by atoms with Gasteiger partial charge in [-0.15, -0.1) is 0 Å². The van der Waals surface area contributed by atoms with E-state index in [0.29, 0.717) is 0 Å². The third kappa shape index (κ3) is 2.79. The fourth-order valence-corrected chi connectivity index (χ4v) is 0.464. The second kappa shape index (κ2) is 3.44. The van der Waals surface area contributed by atoms with Crippen molar-refractivity contribution in [2.45, 2.75) is 18.4 Å². The Hall–Kier alpha value is -1.24. The predicted octanol–water partition coefficient (Wildman–Crippen LogP) is -1.09. The van der Waals surface area contributed by atoms with Gasteiger partial charge in [-0.3, -0.25) is 9.59 Å². The molecule has 0 heterocycles. The van der Waals surface area contributed by atoms with E-state index >= 15 is 0 Å². The molecule has 1 amide bonds. The Morgan fingerprint density at radius 2 is 1.92 bits per heavy atom. The minimum absolute atomic E-state index is 1.28. The maximum absolute atomic E-state index is 12.3. The van der Waals surface area contributed by atoms with E-state index in [1.54, 1.807) is 0 Å². The molecule has 0 aliphatic rings. The molecule has 0 aromatic rings. The van der Waals surface area contributed by atoms with E-state index in [-0.39, 0.29) is 0 Å². The van der Waals surface area contributed by atoms with Crippen LogP contribution >= 0.6 is 0 Å². The molecule has 0 aromatic heterocycles. The van der Waals surface area contributed by atoms with Crippen LogP contribution in [0.1, 0.15) is 6.42 Å². The number of aliphatic carboxylic acids is 1. The lowest BCUT2D eigenvalue weighted by Crippen LogP contribution is -2.43. The molecule has 0 unspecified atom stereocenters. The van der Waals surface area contributed by atoms with E-state index in [1.807, 2.05) is 0 Å². The summed E-state index contributed by atoms with van der Waals surface area (Å²) in [6.07, 6.45) is -1.28. The van der Waals surface area contributed by atoms with Gasteiger partial charge in [-0.25, -0.2) is 0 Å². The van der Waals surface area contributed by atoms with Crippen molar-refractivity contribution >= 4 is 11.9 Å².